The molecule has 1 aliphatic rings. The summed E-state index contributed by atoms with van der Waals surface area (Å²) in [7, 11) is 0. The minimum absolute atomic E-state index is 0.159. The lowest BCUT2D eigenvalue weighted by Gasteiger charge is -2.21. The quantitative estimate of drug-likeness (QED) is 0.483. The van der Waals surface area contributed by atoms with Crippen molar-refractivity contribution in [3.05, 3.63) is 28.4 Å². The number of anilines is 1. The number of rotatable bonds is 4. The van der Waals surface area contributed by atoms with Gasteiger partial charge in [-0.2, -0.15) is 0 Å². The highest BCUT2D eigenvalue weighted by Gasteiger charge is 2.27. The fourth-order valence-corrected chi connectivity index (χ4v) is 2.53. The van der Waals surface area contributed by atoms with Gasteiger partial charge in [0, 0.05) is 19.2 Å². The van der Waals surface area contributed by atoms with Gasteiger partial charge in [0.25, 0.3) is 0 Å². The van der Waals surface area contributed by atoms with Gasteiger partial charge in [-0.05, 0) is 49.1 Å². The number of ether oxygens (including phenoxy) is 1. The van der Waals surface area contributed by atoms with Gasteiger partial charge in [-0.15, -0.1) is 0 Å². The molecule has 120 valence electrons. The number of carbonyl (C=O) groups excluding carboxylic acids is 1. The molecular formula is C15H21N3O4. The highest BCUT2D eigenvalue weighted by molar-refractivity contribution is 5.70. The summed E-state index contributed by atoms with van der Waals surface area (Å²) in [6, 6.07) is 3.09. The van der Waals surface area contributed by atoms with Gasteiger partial charge in [-0.25, -0.2) is 0 Å². The molecule has 1 aliphatic heterocycles. The predicted molar refractivity (Wildman–Crippen MR) is 81.7 cm³/mol. The highest BCUT2D eigenvalue weighted by Crippen LogP contribution is 2.26. The molecule has 1 saturated heterocycles. The van der Waals surface area contributed by atoms with Gasteiger partial charge >= 0.3 is 11.8 Å². The second kappa shape index (κ2) is 6.29. The van der Waals surface area contributed by atoms with Crippen LogP contribution in [0.1, 0.15) is 33.6 Å². The van der Waals surface area contributed by atoms with Crippen molar-refractivity contribution in [1.29, 1.82) is 0 Å². The van der Waals surface area contributed by atoms with Crippen molar-refractivity contribution < 1.29 is 14.5 Å². The van der Waals surface area contributed by atoms with Gasteiger partial charge in [0.2, 0.25) is 0 Å². The van der Waals surface area contributed by atoms with Crippen LogP contribution < -0.4 is 4.90 Å². The van der Waals surface area contributed by atoms with Crippen LogP contribution in [0, 0.1) is 16.0 Å². The van der Waals surface area contributed by atoms with E-state index in [1.807, 2.05) is 20.8 Å². The van der Waals surface area contributed by atoms with E-state index in [1.165, 1.54) is 12.3 Å². The van der Waals surface area contributed by atoms with Gasteiger partial charge in [0.05, 0.1) is 12.1 Å². The van der Waals surface area contributed by atoms with E-state index in [0.717, 1.165) is 25.2 Å². The van der Waals surface area contributed by atoms with Gasteiger partial charge in [-0.3, -0.25) is 4.79 Å². The summed E-state index contributed by atoms with van der Waals surface area (Å²) in [5.74, 6) is -0.0977. The van der Waals surface area contributed by atoms with Crippen LogP contribution in [0.5, 0.6) is 0 Å². The Kier molecular flexibility index (Phi) is 4.63. The Morgan fingerprint density at radius 2 is 2.23 bits per heavy atom. The lowest BCUT2D eigenvalue weighted by atomic mass is 10.1. The van der Waals surface area contributed by atoms with E-state index in [4.69, 9.17) is 4.74 Å². The van der Waals surface area contributed by atoms with Crippen LogP contribution in [0.3, 0.4) is 0 Å². The van der Waals surface area contributed by atoms with Crippen molar-refractivity contribution in [2.24, 2.45) is 5.92 Å². The molecule has 1 fully saturated rings. The van der Waals surface area contributed by atoms with Crippen LogP contribution in [-0.4, -0.2) is 34.6 Å². The lowest BCUT2D eigenvalue weighted by molar-refractivity contribution is -0.389. The van der Waals surface area contributed by atoms with Gasteiger partial charge in [-0.1, -0.05) is 0 Å². The molecule has 1 unspecified atom stereocenters. The van der Waals surface area contributed by atoms with Crippen molar-refractivity contribution in [2.75, 3.05) is 18.0 Å². The molecule has 0 saturated carbocycles. The molecule has 1 aromatic heterocycles. The minimum Gasteiger partial charge on any atom is -0.460 e. The second-order valence-electron chi connectivity index (χ2n) is 6.52. The molecule has 0 N–H and O–H groups in total. The maximum absolute atomic E-state index is 11.8. The Hall–Kier alpha value is -2.18. The van der Waals surface area contributed by atoms with Crippen molar-refractivity contribution in [1.82, 2.24) is 4.98 Å². The minimum atomic E-state index is -0.515. The van der Waals surface area contributed by atoms with Crippen molar-refractivity contribution in [2.45, 2.75) is 39.2 Å². The lowest BCUT2D eigenvalue weighted by Crippen LogP contribution is -2.26. The molecule has 0 aliphatic carbocycles. The maximum atomic E-state index is 11.8. The molecule has 0 bridgehead atoms. The van der Waals surface area contributed by atoms with Crippen LogP contribution >= 0.6 is 0 Å². The zero-order valence-electron chi connectivity index (χ0n) is 13.1. The van der Waals surface area contributed by atoms with Gasteiger partial charge < -0.3 is 19.8 Å². The number of aromatic nitrogens is 1. The molecule has 0 radical (unpaired) electrons. The van der Waals surface area contributed by atoms with Gasteiger partial charge in [0.15, 0.2) is 6.20 Å². The third-order valence-corrected chi connectivity index (χ3v) is 3.45. The van der Waals surface area contributed by atoms with Crippen molar-refractivity contribution in [3.63, 3.8) is 0 Å². The summed E-state index contributed by atoms with van der Waals surface area (Å²) in [4.78, 5) is 27.8. The van der Waals surface area contributed by atoms with Crippen molar-refractivity contribution in [3.8, 4) is 0 Å². The van der Waals surface area contributed by atoms with Crippen LogP contribution in [-0.2, 0) is 9.53 Å². The Labute approximate surface area is 129 Å². The van der Waals surface area contributed by atoms with E-state index in [1.54, 1.807) is 6.07 Å². The van der Waals surface area contributed by atoms with Crippen LogP contribution in [0.2, 0.25) is 0 Å². The number of nitrogens with zero attached hydrogens (tertiary/aromatic N) is 3. The van der Waals surface area contributed by atoms with E-state index in [0.29, 0.717) is 6.42 Å². The Bertz CT molecular complexity index is 551. The van der Waals surface area contributed by atoms with E-state index >= 15 is 0 Å². The molecule has 2 rings (SSSR count). The molecule has 2 heterocycles. The number of esters is 1. The smallest absolute Gasteiger partial charge is 0.363 e. The van der Waals surface area contributed by atoms with Crippen LogP contribution in [0.25, 0.3) is 0 Å². The first-order valence-corrected chi connectivity index (χ1v) is 7.32. The molecule has 22 heavy (non-hydrogen) atoms. The largest absolute Gasteiger partial charge is 0.460 e. The Morgan fingerprint density at radius 3 is 2.77 bits per heavy atom. The number of nitro groups is 1. The number of hydrogen-bond acceptors (Lipinski definition) is 6. The summed E-state index contributed by atoms with van der Waals surface area (Å²) in [5, 5.41) is 10.6. The zero-order chi connectivity index (χ0) is 16.3. The highest BCUT2D eigenvalue weighted by atomic mass is 16.6. The third-order valence-electron chi connectivity index (χ3n) is 3.45. The zero-order valence-corrected chi connectivity index (χ0v) is 13.1. The number of pyridine rings is 1. The molecule has 1 atom stereocenters. The van der Waals surface area contributed by atoms with E-state index in [2.05, 4.69) is 9.88 Å². The number of hydrogen-bond donors (Lipinski definition) is 0. The molecule has 0 spiro atoms. The summed E-state index contributed by atoms with van der Waals surface area (Å²) in [6.45, 7) is 7.11. The van der Waals surface area contributed by atoms with E-state index in [-0.39, 0.29) is 17.7 Å². The van der Waals surface area contributed by atoms with Gasteiger partial charge in [0.1, 0.15) is 5.60 Å². The average molecular weight is 307 g/mol. The SMILES string of the molecule is CC(C)(C)OC(=O)CC1CCN(c2ccc([N+](=O)[O-])nc2)C1. The fourth-order valence-electron chi connectivity index (χ4n) is 2.53. The standard InChI is InChI=1S/C15H21N3O4/c1-15(2,3)22-14(19)8-11-6-7-17(10-11)12-4-5-13(16-9-12)18(20)21/h4-5,9,11H,6-8,10H2,1-3H3. The fraction of sp³-hybridized carbons (Fsp3) is 0.600. The molecular weight excluding hydrogens is 286 g/mol. The topological polar surface area (TPSA) is 85.6 Å². The normalized spacial score (nSPS) is 18.3. The summed E-state index contributed by atoms with van der Waals surface area (Å²) < 4.78 is 5.34. The summed E-state index contributed by atoms with van der Waals surface area (Å²) in [5.41, 5.74) is 0.384. The predicted octanol–water partition coefficient (Wildman–Crippen LogP) is 2.55. The van der Waals surface area contributed by atoms with Crippen LogP contribution in [0.15, 0.2) is 18.3 Å². The maximum Gasteiger partial charge on any atom is 0.363 e. The second-order valence-corrected chi connectivity index (χ2v) is 6.52. The molecule has 0 aromatic carbocycles. The van der Waals surface area contributed by atoms with E-state index < -0.39 is 10.5 Å². The number of carbonyl (C=O) groups is 1. The molecule has 1 aromatic rings. The first-order valence-electron chi connectivity index (χ1n) is 7.32. The summed E-state index contributed by atoms with van der Waals surface area (Å²) >= 11 is 0. The first-order chi connectivity index (χ1) is 10.2. The third kappa shape index (κ3) is 4.41. The first kappa shape index (κ1) is 16.2. The summed E-state index contributed by atoms with van der Waals surface area (Å²) in [6.07, 6.45) is 2.80. The Morgan fingerprint density at radius 1 is 1.50 bits per heavy atom. The van der Waals surface area contributed by atoms with E-state index in [9.17, 15) is 14.9 Å². The molecule has 7 nitrogen and oxygen atoms in total. The van der Waals surface area contributed by atoms with Crippen molar-refractivity contribution >= 4 is 17.5 Å². The molecule has 0 amide bonds. The molecule has 7 heteroatoms. The monoisotopic (exact) mass is 307 g/mol. The Balaban J connectivity index is 1.89. The van der Waals surface area contributed by atoms with Crippen LogP contribution in [0.4, 0.5) is 11.5 Å². The average Bonchev–Trinajstić information content (AvgIpc) is 2.85.